The van der Waals surface area contributed by atoms with E-state index < -0.39 is 0 Å². The molecule has 0 spiro atoms. The van der Waals surface area contributed by atoms with Gasteiger partial charge < -0.3 is 9.64 Å². The molecule has 114 valence electrons. The molecule has 4 heteroatoms. The van der Waals surface area contributed by atoms with Gasteiger partial charge in [0.05, 0.1) is 0 Å². The molecular weight excluding hydrogens is 264 g/mol. The highest BCUT2D eigenvalue weighted by atomic mass is 16.5. The van der Waals surface area contributed by atoms with Crippen molar-refractivity contribution in [3.05, 3.63) is 35.4 Å². The van der Waals surface area contributed by atoms with Gasteiger partial charge in [-0.05, 0) is 30.9 Å². The molecule has 2 aliphatic heterocycles. The van der Waals surface area contributed by atoms with Gasteiger partial charge in [-0.2, -0.15) is 0 Å². The van der Waals surface area contributed by atoms with Crippen LogP contribution in [0.4, 0.5) is 0 Å². The highest BCUT2D eigenvalue weighted by Gasteiger charge is 2.30. The first kappa shape index (κ1) is 14.5. The normalized spacial score (nSPS) is 23.5. The number of ether oxygens (including phenoxy) is 1. The summed E-state index contributed by atoms with van der Waals surface area (Å²) < 4.78 is 5.50. The van der Waals surface area contributed by atoms with Crippen molar-refractivity contribution < 1.29 is 9.53 Å². The van der Waals surface area contributed by atoms with E-state index >= 15 is 0 Å². The molecule has 3 rings (SSSR count). The van der Waals surface area contributed by atoms with E-state index in [-0.39, 0.29) is 12.0 Å². The van der Waals surface area contributed by atoms with Crippen LogP contribution in [0.1, 0.15) is 24.0 Å². The Balaban J connectivity index is 1.51. The summed E-state index contributed by atoms with van der Waals surface area (Å²) in [7, 11) is 0. The summed E-state index contributed by atoms with van der Waals surface area (Å²) in [6.45, 7) is 7.43. The summed E-state index contributed by atoms with van der Waals surface area (Å²) in [6, 6.07) is 8.53. The van der Waals surface area contributed by atoms with Crippen LogP contribution in [0.15, 0.2) is 24.3 Å². The number of rotatable bonds is 3. The van der Waals surface area contributed by atoms with Gasteiger partial charge in [0, 0.05) is 39.3 Å². The maximum atomic E-state index is 12.3. The van der Waals surface area contributed by atoms with Crippen LogP contribution in [-0.4, -0.2) is 54.6 Å². The van der Waals surface area contributed by atoms with E-state index in [1.54, 1.807) is 0 Å². The van der Waals surface area contributed by atoms with Crippen molar-refractivity contribution in [2.24, 2.45) is 0 Å². The predicted octanol–water partition coefficient (Wildman–Crippen LogP) is 1.82. The lowest BCUT2D eigenvalue weighted by Gasteiger charge is -2.36. The van der Waals surface area contributed by atoms with Gasteiger partial charge >= 0.3 is 0 Å². The first-order valence-corrected chi connectivity index (χ1v) is 7.91. The molecule has 1 amide bonds. The zero-order chi connectivity index (χ0) is 14.7. The van der Waals surface area contributed by atoms with Gasteiger partial charge in [-0.25, -0.2) is 0 Å². The summed E-state index contributed by atoms with van der Waals surface area (Å²) in [6.07, 6.45) is 1.74. The number of amides is 1. The van der Waals surface area contributed by atoms with Crippen LogP contribution in [0.3, 0.4) is 0 Å². The van der Waals surface area contributed by atoms with Crippen LogP contribution in [0, 0.1) is 6.92 Å². The smallest absolute Gasteiger partial charge is 0.251 e. The molecular formula is C17H24N2O2. The Morgan fingerprint density at radius 1 is 1.24 bits per heavy atom. The Morgan fingerprint density at radius 2 is 2.00 bits per heavy atom. The Morgan fingerprint density at radius 3 is 2.67 bits per heavy atom. The van der Waals surface area contributed by atoms with E-state index in [4.69, 9.17) is 4.74 Å². The Hall–Kier alpha value is -1.39. The van der Waals surface area contributed by atoms with Crippen LogP contribution in [0.25, 0.3) is 0 Å². The molecule has 2 saturated heterocycles. The number of aryl methyl sites for hydroxylation is 1. The van der Waals surface area contributed by atoms with Crippen LogP contribution in [-0.2, 0) is 16.1 Å². The standard InChI is InChI=1S/C17H24N2O2/c1-14-5-2-3-6-15(14)13-18-8-10-19(11-9-18)17(20)16-7-4-12-21-16/h2-3,5-6,16H,4,7-13H2,1H3. The molecule has 2 fully saturated rings. The topological polar surface area (TPSA) is 32.8 Å². The number of carbonyl (C=O) groups excluding carboxylic acids is 1. The summed E-state index contributed by atoms with van der Waals surface area (Å²) in [4.78, 5) is 16.7. The molecule has 1 aromatic carbocycles. The van der Waals surface area contributed by atoms with Crippen molar-refractivity contribution in [3.63, 3.8) is 0 Å². The largest absolute Gasteiger partial charge is 0.368 e. The molecule has 0 bridgehead atoms. The monoisotopic (exact) mass is 288 g/mol. The fraction of sp³-hybridized carbons (Fsp3) is 0.588. The van der Waals surface area contributed by atoms with Gasteiger partial charge in [0.25, 0.3) is 5.91 Å². The minimum Gasteiger partial charge on any atom is -0.368 e. The predicted molar refractivity (Wildman–Crippen MR) is 82.0 cm³/mol. The summed E-state index contributed by atoms with van der Waals surface area (Å²) in [5, 5.41) is 0. The second-order valence-corrected chi connectivity index (χ2v) is 6.03. The zero-order valence-electron chi connectivity index (χ0n) is 12.8. The van der Waals surface area contributed by atoms with Gasteiger partial charge in [-0.1, -0.05) is 24.3 Å². The number of hydrogen-bond donors (Lipinski definition) is 0. The van der Waals surface area contributed by atoms with E-state index in [0.717, 1.165) is 52.2 Å². The van der Waals surface area contributed by atoms with Crippen molar-refractivity contribution >= 4 is 5.91 Å². The van der Waals surface area contributed by atoms with Crippen molar-refractivity contribution in [3.8, 4) is 0 Å². The molecule has 2 heterocycles. The Kier molecular flexibility index (Phi) is 4.56. The maximum absolute atomic E-state index is 12.3. The van der Waals surface area contributed by atoms with Crippen LogP contribution >= 0.6 is 0 Å². The van der Waals surface area contributed by atoms with Crippen LogP contribution in [0.5, 0.6) is 0 Å². The minimum absolute atomic E-state index is 0.173. The number of piperazine rings is 1. The summed E-state index contributed by atoms with van der Waals surface area (Å²) in [5.41, 5.74) is 2.73. The highest BCUT2D eigenvalue weighted by molar-refractivity contribution is 5.81. The van der Waals surface area contributed by atoms with E-state index in [1.165, 1.54) is 11.1 Å². The number of carbonyl (C=O) groups is 1. The molecule has 0 aromatic heterocycles. The van der Waals surface area contributed by atoms with E-state index in [2.05, 4.69) is 36.1 Å². The summed E-state index contributed by atoms with van der Waals surface area (Å²) in [5.74, 6) is 0.197. The number of nitrogens with zero attached hydrogens (tertiary/aromatic N) is 2. The molecule has 0 saturated carbocycles. The molecule has 1 unspecified atom stereocenters. The summed E-state index contributed by atoms with van der Waals surface area (Å²) >= 11 is 0. The Bertz CT molecular complexity index is 489. The third-order valence-corrected chi connectivity index (χ3v) is 4.54. The lowest BCUT2D eigenvalue weighted by atomic mass is 10.1. The quantitative estimate of drug-likeness (QED) is 0.850. The second-order valence-electron chi connectivity index (χ2n) is 6.03. The van der Waals surface area contributed by atoms with Gasteiger partial charge in [-0.3, -0.25) is 9.69 Å². The zero-order valence-corrected chi connectivity index (χ0v) is 12.8. The fourth-order valence-electron chi connectivity index (χ4n) is 3.13. The molecule has 1 atom stereocenters. The molecule has 0 N–H and O–H groups in total. The van der Waals surface area contributed by atoms with Crippen molar-refractivity contribution in [2.45, 2.75) is 32.4 Å². The van der Waals surface area contributed by atoms with Crippen molar-refractivity contribution in [1.82, 2.24) is 9.80 Å². The number of benzene rings is 1. The SMILES string of the molecule is Cc1ccccc1CN1CCN(C(=O)C2CCCO2)CC1. The lowest BCUT2D eigenvalue weighted by molar-refractivity contribution is -0.142. The number of hydrogen-bond acceptors (Lipinski definition) is 3. The average molecular weight is 288 g/mol. The molecule has 0 radical (unpaired) electrons. The fourth-order valence-corrected chi connectivity index (χ4v) is 3.13. The third-order valence-electron chi connectivity index (χ3n) is 4.54. The van der Waals surface area contributed by atoms with E-state index in [0.29, 0.717) is 0 Å². The van der Waals surface area contributed by atoms with Crippen LogP contribution in [0.2, 0.25) is 0 Å². The minimum atomic E-state index is -0.173. The van der Waals surface area contributed by atoms with Gasteiger partial charge in [-0.15, -0.1) is 0 Å². The Labute approximate surface area is 126 Å². The third kappa shape index (κ3) is 3.44. The van der Waals surface area contributed by atoms with Gasteiger partial charge in [0.2, 0.25) is 0 Å². The van der Waals surface area contributed by atoms with E-state index in [1.807, 2.05) is 4.90 Å². The van der Waals surface area contributed by atoms with Crippen molar-refractivity contribution in [1.29, 1.82) is 0 Å². The molecule has 1 aromatic rings. The first-order valence-electron chi connectivity index (χ1n) is 7.91. The van der Waals surface area contributed by atoms with Crippen LogP contribution < -0.4 is 0 Å². The van der Waals surface area contributed by atoms with E-state index in [9.17, 15) is 4.79 Å². The van der Waals surface area contributed by atoms with Gasteiger partial charge in [0.15, 0.2) is 0 Å². The molecule has 4 nitrogen and oxygen atoms in total. The van der Waals surface area contributed by atoms with Gasteiger partial charge in [0.1, 0.15) is 6.10 Å². The molecule has 2 aliphatic rings. The maximum Gasteiger partial charge on any atom is 0.251 e. The van der Waals surface area contributed by atoms with Crippen molar-refractivity contribution in [2.75, 3.05) is 32.8 Å². The first-order chi connectivity index (χ1) is 10.2. The molecule has 21 heavy (non-hydrogen) atoms. The molecule has 0 aliphatic carbocycles. The second kappa shape index (κ2) is 6.58. The average Bonchev–Trinajstić information content (AvgIpc) is 3.04. The lowest BCUT2D eigenvalue weighted by Crippen LogP contribution is -2.51. The highest BCUT2D eigenvalue weighted by Crippen LogP contribution is 2.17.